The molecular weight excluding hydrogens is 226 g/mol. The molecule has 0 saturated carbocycles. The topological polar surface area (TPSA) is 49.3 Å². The maximum absolute atomic E-state index is 11.9. The van der Waals surface area contributed by atoms with E-state index in [0.29, 0.717) is 12.1 Å². The van der Waals surface area contributed by atoms with Gasteiger partial charge in [0, 0.05) is 12.1 Å². The Kier molecular flexibility index (Phi) is 3.63. The van der Waals surface area contributed by atoms with Crippen LogP contribution in [0.5, 0.6) is 5.75 Å². The van der Waals surface area contributed by atoms with Crippen LogP contribution in [0.2, 0.25) is 0 Å². The van der Waals surface area contributed by atoms with Crippen LogP contribution in [-0.2, 0) is 6.54 Å². The summed E-state index contributed by atoms with van der Waals surface area (Å²) in [6.45, 7) is 2.50. The Morgan fingerprint density at radius 2 is 1.94 bits per heavy atom. The van der Waals surface area contributed by atoms with E-state index >= 15 is 0 Å². The van der Waals surface area contributed by atoms with Gasteiger partial charge in [-0.3, -0.25) is 4.79 Å². The quantitative estimate of drug-likeness (QED) is 0.867. The van der Waals surface area contributed by atoms with Crippen LogP contribution in [0.3, 0.4) is 0 Å². The Hall–Kier alpha value is -2.29. The molecule has 0 radical (unpaired) electrons. The molecule has 0 spiro atoms. The van der Waals surface area contributed by atoms with Crippen molar-refractivity contribution in [3.05, 3.63) is 65.2 Å². The van der Waals surface area contributed by atoms with Crippen LogP contribution >= 0.6 is 0 Å². The van der Waals surface area contributed by atoms with Gasteiger partial charge >= 0.3 is 0 Å². The van der Waals surface area contributed by atoms with Crippen molar-refractivity contribution in [2.24, 2.45) is 0 Å². The molecule has 3 heteroatoms. The smallest absolute Gasteiger partial charge is 0.251 e. The van der Waals surface area contributed by atoms with Gasteiger partial charge in [0.2, 0.25) is 0 Å². The molecule has 2 N–H and O–H groups in total. The summed E-state index contributed by atoms with van der Waals surface area (Å²) >= 11 is 0. The van der Waals surface area contributed by atoms with Crippen LogP contribution in [0.25, 0.3) is 0 Å². The molecule has 3 nitrogen and oxygen atoms in total. The Morgan fingerprint density at radius 3 is 2.67 bits per heavy atom. The van der Waals surface area contributed by atoms with Gasteiger partial charge in [0.1, 0.15) is 5.75 Å². The molecule has 2 aromatic rings. The van der Waals surface area contributed by atoms with E-state index in [1.165, 1.54) is 12.1 Å². The molecule has 0 saturated heterocycles. The van der Waals surface area contributed by atoms with Crippen molar-refractivity contribution in [1.29, 1.82) is 0 Å². The van der Waals surface area contributed by atoms with Gasteiger partial charge in [-0.1, -0.05) is 30.3 Å². The molecule has 0 fully saturated rings. The number of hydrogen-bond acceptors (Lipinski definition) is 2. The molecule has 92 valence electrons. The summed E-state index contributed by atoms with van der Waals surface area (Å²) in [5.41, 5.74) is 2.70. The standard InChI is InChI=1S/C15H15NO2/c1-11-5-2-3-6-13(11)10-16-15(18)12-7-4-8-14(17)9-12/h2-9,17H,10H2,1H3,(H,16,18). The second-order valence-electron chi connectivity index (χ2n) is 4.16. The molecule has 0 bridgehead atoms. The fourth-order valence-electron chi connectivity index (χ4n) is 1.73. The zero-order valence-corrected chi connectivity index (χ0v) is 10.2. The number of rotatable bonds is 3. The van der Waals surface area contributed by atoms with Gasteiger partial charge in [0.05, 0.1) is 0 Å². The van der Waals surface area contributed by atoms with Gasteiger partial charge in [-0.25, -0.2) is 0 Å². The van der Waals surface area contributed by atoms with Crippen LogP contribution in [0.1, 0.15) is 21.5 Å². The first kappa shape index (κ1) is 12.2. The molecule has 1 amide bonds. The average molecular weight is 241 g/mol. The molecule has 0 heterocycles. The zero-order valence-electron chi connectivity index (χ0n) is 10.2. The lowest BCUT2D eigenvalue weighted by atomic mass is 10.1. The Bertz CT molecular complexity index is 564. The largest absolute Gasteiger partial charge is 0.508 e. The number of amides is 1. The lowest BCUT2D eigenvalue weighted by Gasteiger charge is -2.08. The van der Waals surface area contributed by atoms with E-state index in [-0.39, 0.29) is 11.7 Å². The SMILES string of the molecule is Cc1ccccc1CNC(=O)c1cccc(O)c1. The predicted octanol–water partition coefficient (Wildman–Crippen LogP) is 2.63. The molecule has 18 heavy (non-hydrogen) atoms. The third-order valence-corrected chi connectivity index (χ3v) is 2.81. The molecule has 2 aromatic carbocycles. The molecule has 0 aliphatic carbocycles. The van der Waals surface area contributed by atoms with Gasteiger partial charge in [-0.2, -0.15) is 0 Å². The lowest BCUT2D eigenvalue weighted by Crippen LogP contribution is -2.23. The first-order valence-electron chi connectivity index (χ1n) is 5.78. The number of phenolic OH excluding ortho intramolecular Hbond substituents is 1. The van der Waals surface area contributed by atoms with Gasteiger partial charge < -0.3 is 10.4 Å². The number of carbonyl (C=O) groups excluding carboxylic acids is 1. The van der Waals surface area contributed by atoms with E-state index in [9.17, 15) is 9.90 Å². The minimum atomic E-state index is -0.186. The molecule has 0 atom stereocenters. The summed E-state index contributed by atoms with van der Waals surface area (Å²) in [7, 11) is 0. The highest BCUT2D eigenvalue weighted by Gasteiger charge is 2.06. The Balaban J connectivity index is 2.03. The van der Waals surface area contributed by atoms with Crippen molar-refractivity contribution < 1.29 is 9.90 Å². The molecule has 0 aliphatic heterocycles. The summed E-state index contributed by atoms with van der Waals surface area (Å²) in [5.74, 6) is -0.0901. The highest BCUT2D eigenvalue weighted by atomic mass is 16.3. The van der Waals surface area contributed by atoms with Gasteiger partial charge in [0.25, 0.3) is 5.91 Å². The van der Waals surface area contributed by atoms with E-state index in [1.54, 1.807) is 12.1 Å². The molecular formula is C15H15NO2. The zero-order chi connectivity index (χ0) is 13.0. The van der Waals surface area contributed by atoms with Crippen molar-refractivity contribution in [3.8, 4) is 5.75 Å². The minimum absolute atomic E-state index is 0.0959. The number of carbonyl (C=O) groups is 1. The molecule has 0 aromatic heterocycles. The molecule has 2 rings (SSSR count). The monoisotopic (exact) mass is 241 g/mol. The fraction of sp³-hybridized carbons (Fsp3) is 0.133. The van der Waals surface area contributed by atoms with Crippen LogP contribution in [0, 0.1) is 6.92 Å². The Morgan fingerprint density at radius 1 is 1.17 bits per heavy atom. The lowest BCUT2D eigenvalue weighted by molar-refractivity contribution is 0.0950. The normalized spacial score (nSPS) is 10.1. The highest BCUT2D eigenvalue weighted by molar-refractivity contribution is 5.94. The first-order chi connectivity index (χ1) is 8.66. The number of aryl methyl sites for hydroxylation is 1. The van der Waals surface area contributed by atoms with E-state index in [2.05, 4.69) is 5.32 Å². The van der Waals surface area contributed by atoms with Crippen LogP contribution in [0.15, 0.2) is 48.5 Å². The van der Waals surface area contributed by atoms with Gasteiger partial charge in [0.15, 0.2) is 0 Å². The number of aromatic hydroxyl groups is 1. The van der Waals surface area contributed by atoms with Crippen molar-refractivity contribution in [2.45, 2.75) is 13.5 Å². The van der Waals surface area contributed by atoms with Gasteiger partial charge in [-0.05, 0) is 36.2 Å². The number of phenols is 1. The predicted molar refractivity (Wildman–Crippen MR) is 70.5 cm³/mol. The van der Waals surface area contributed by atoms with E-state index < -0.39 is 0 Å². The summed E-state index contributed by atoms with van der Waals surface area (Å²) in [5, 5.41) is 12.1. The van der Waals surface area contributed by atoms with Crippen LogP contribution in [0.4, 0.5) is 0 Å². The maximum Gasteiger partial charge on any atom is 0.251 e. The van der Waals surface area contributed by atoms with Gasteiger partial charge in [-0.15, -0.1) is 0 Å². The van der Waals surface area contributed by atoms with E-state index in [1.807, 2.05) is 31.2 Å². The third kappa shape index (κ3) is 2.88. The summed E-state index contributed by atoms with van der Waals surface area (Å²) in [6, 6.07) is 14.2. The minimum Gasteiger partial charge on any atom is -0.508 e. The second kappa shape index (κ2) is 5.36. The van der Waals surface area contributed by atoms with Crippen molar-refractivity contribution in [2.75, 3.05) is 0 Å². The average Bonchev–Trinajstić information content (AvgIpc) is 2.37. The van der Waals surface area contributed by atoms with Crippen LogP contribution in [-0.4, -0.2) is 11.0 Å². The van der Waals surface area contributed by atoms with Crippen molar-refractivity contribution in [1.82, 2.24) is 5.32 Å². The summed E-state index contributed by atoms with van der Waals surface area (Å²) in [4.78, 5) is 11.9. The van der Waals surface area contributed by atoms with Crippen molar-refractivity contribution >= 4 is 5.91 Å². The van der Waals surface area contributed by atoms with E-state index in [0.717, 1.165) is 11.1 Å². The summed E-state index contributed by atoms with van der Waals surface area (Å²) in [6.07, 6.45) is 0. The molecule has 0 unspecified atom stereocenters. The highest BCUT2D eigenvalue weighted by Crippen LogP contribution is 2.11. The Labute approximate surface area is 106 Å². The van der Waals surface area contributed by atoms with Crippen molar-refractivity contribution in [3.63, 3.8) is 0 Å². The number of nitrogens with one attached hydrogen (secondary N) is 1. The maximum atomic E-state index is 11.9. The first-order valence-corrected chi connectivity index (χ1v) is 5.78. The number of benzene rings is 2. The van der Waals surface area contributed by atoms with Crippen LogP contribution < -0.4 is 5.32 Å². The third-order valence-electron chi connectivity index (χ3n) is 2.81. The number of hydrogen-bond donors (Lipinski definition) is 2. The van der Waals surface area contributed by atoms with E-state index in [4.69, 9.17) is 0 Å². The molecule has 0 aliphatic rings. The fourth-order valence-corrected chi connectivity index (χ4v) is 1.73. The summed E-state index contributed by atoms with van der Waals surface area (Å²) < 4.78 is 0. The second-order valence-corrected chi connectivity index (χ2v) is 4.16.